The number of hydrogen-bond acceptors (Lipinski definition) is 3. The fourth-order valence-corrected chi connectivity index (χ4v) is 4.05. The maximum atomic E-state index is 11.6. The molecular weight excluding hydrogens is 334 g/mol. The van der Waals surface area contributed by atoms with Crippen molar-refractivity contribution in [2.45, 2.75) is 110 Å². The molecule has 1 aliphatic rings. The highest BCUT2D eigenvalue weighted by Gasteiger charge is 2.34. The first-order valence-electron chi connectivity index (χ1n) is 11.9. The number of ether oxygens (including phenoxy) is 1. The molecule has 0 aromatic carbocycles. The maximum Gasteiger partial charge on any atom is 0.305 e. The van der Waals surface area contributed by atoms with Crippen LogP contribution in [0.15, 0.2) is 0 Å². The summed E-state index contributed by atoms with van der Waals surface area (Å²) in [4.78, 5) is 13.8. The van der Waals surface area contributed by atoms with E-state index in [1.54, 1.807) is 0 Å². The maximum absolute atomic E-state index is 11.6. The van der Waals surface area contributed by atoms with Crippen LogP contribution in [0.25, 0.3) is 0 Å². The SMILES string of the molecule is CCCCCCCCC1CC1CCCCCCCC(=O)OCCCN(C)C. The average Bonchev–Trinajstić information content (AvgIpc) is 3.39. The first-order chi connectivity index (χ1) is 13.1. The lowest BCUT2D eigenvalue weighted by Gasteiger charge is -2.09. The van der Waals surface area contributed by atoms with Crippen LogP contribution in [0.4, 0.5) is 0 Å². The Morgan fingerprint density at radius 1 is 0.815 bits per heavy atom. The highest BCUT2D eigenvalue weighted by Crippen LogP contribution is 2.45. The van der Waals surface area contributed by atoms with E-state index in [9.17, 15) is 4.79 Å². The van der Waals surface area contributed by atoms with E-state index >= 15 is 0 Å². The minimum atomic E-state index is -0.00993. The van der Waals surface area contributed by atoms with Crippen molar-refractivity contribution in [3.05, 3.63) is 0 Å². The molecule has 160 valence electrons. The van der Waals surface area contributed by atoms with Gasteiger partial charge in [-0.2, -0.15) is 0 Å². The van der Waals surface area contributed by atoms with Gasteiger partial charge in [-0.1, -0.05) is 84.0 Å². The van der Waals surface area contributed by atoms with Crippen LogP contribution < -0.4 is 0 Å². The van der Waals surface area contributed by atoms with Gasteiger partial charge >= 0.3 is 5.97 Å². The Morgan fingerprint density at radius 2 is 1.37 bits per heavy atom. The molecule has 0 saturated heterocycles. The summed E-state index contributed by atoms with van der Waals surface area (Å²) in [5.74, 6) is 2.11. The first-order valence-corrected chi connectivity index (χ1v) is 11.9. The predicted molar refractivity (Wildman–Crippen MR) is 116 cm³/mol. The lowest BCUT2D eigenvalue weighted by atomic mass is 10.0. The Kier molecular flexibility index (Phi) is 14.9. The molecule has 0 spiro atoms. The van der Waals surface area contributed by atoms with Crippen molar-refractivity contribution in [3.8, 4) is 0 Å². The topological polar surface area (TPSA) is 29.5 Å². The smallest absolute Gasteiger partial charge is 0.305 e. The molecule has 1 rings (SSSR count). The van der Waals surface area contributed by atoms with Gasteiger partial charge in [-0.15, -0.1) is 0 Å². The van der Waals surface area contributed by atoms with Crippen molar-refractivity contribution in [2.75, 3.05) is 27.2 Å². The minimum absolute atomic E-state index is 0.00993. The second kappa shape index (κ2) is 16.4. The molecule has 1 saturated carbocycles. The Morgan fingerprint density at radius 3 is 1.96 bits per heavy atom. The van der Waals surface area contributed by atoms with Gasteiger partial charge in [0.15, 0.2) is 0 Å². The fraction of sp³-hybridized carbons (Fsp3) is 0.958. The predicted octanol–water partition coefficient (Wildman–Crippen LogP) is 6.60. The molecule has 1 aliphatic carbocycles. The summed E-state index contributed by atoms with van der Waals surface area (Å²) >= 11 is 0. The molecule has 3 heteroatoms. The minimum Gasteiger partial charge on any atom is -0.466 e. The molecule has 0 aromatic rings. The zero-order chi connectivity index (χ0) is 19.7. The Labute approximate surface area is 169 Å². The van der Waals surface area contributed by atoms with Gasteiger partial charge in [0, 0.05) is 13.0 Å². The number of carbonyl (C=O) groups is 1. The van der Waals surface area contributed by atoms with E-state index in [1.807, 2.05) is 14.1 Å². The molecule has 1 fully saturated rings. The van der Waals surface area contributed by atoms with E-state index in [-0.39, 0.29) is 5.97 Å². The molecule has 0 radical (unpaired) electrons. The monoisotopic (exact) mass is 381 g/mol. The molecule has 27 heavy (non-hydrogen) atoms. The molecule has 0 N–H and O–H groups in total. The lowest BCUT2D eigenvalue weighted by Crippen LogP contribution is -2.16. The molecule has 2 atom stereocenters. The van der Waals surface area contributed by atoms with Crippen LogP contribution in [-0.2, 0) is 9.53 Å². The van der Waals surface area contributed by atoms with Gasteiger partial charge in [0.2, 0.25) is 0 Å². The number of hydrogen-bond donors (Lipinski definition) is 0. The number of unbranched alkanes of at least 4 members (excludes halogenated alkanes) is 9. The standard InChI is InChI=1S/C24H47NO2/c1-4-5-6-7-9-12-16-22-21-23(22)17-13-10-8-11-14-18-24(26)27-20-15-19-25(2)3/h22-23H,4-21H2,1-3H3. The summed E-state index contributed by atoms with van der Waals surface area (Å²) in [6, 6.07) is 0. The normalized spacial score (nSPS) is 18.8. The van der Waals surface area contributed by atoms with Gasteiger partial charge in [0.05, 0.1) is 6.61 Å². The van der Waals surface area contributed by atoms with E-state index in [1.165, 1.54) is 83.5 Å². The second-order valence-electron chi connectivity index (χ2n) is 9.00. The molecule has 0 heterocycles. The summed E-state index contributed by atoms with van der Waals surface area (Å²) < 4.78 is 5.27. The summed E-state index contributed by atoms with van der Waals surface area (Å²) in [5.41, 5.74) is 0. The molecule has 0 bridgehead atoms. The largest absolute Gasteiger partial charge is 0.466 e. The van der Waals surface area contributed by atoms with Crippen LogP contribution in [0, 0.1) is 11.8 Å². The third kappa shape index (κ3) is 15.1. The lowest BCUT2D eigenvalue weighted by molar-refractivity contribution is -0.143. The third-order valence-electron chi connectivity index (χ3n) is 5.97. The highest BCUT2D eigenvalue weighted by molar-refractivity contribution is 5.69. The number of esters is 1. The molecule has 2 unspecified atom stereocenters. The fourth-order valence-electron chi connectivity index (χ4n) is 4.05. The summed E-state index contributed by atoms with van der Waals surface area (Å²) in [6.45, 7) is 3.84. The van der Waals surface area contributed by atoms with Crippen molar-refractivity contribution >= 4 is 5.97 Å². The average molecular weight is 382 g/mol. The van der Waals surface area contributed by atoms with Crippen molar-refractivity contribution in [1.29, 1.82) is 0 Å². The number of carbonyl (C=O) groups excluding carboxylic acids is 1. The van der Waals surface area contributed by atoms with Crippen LogP contribution in [0.5, 0.6) is 0 Å². The first kappa shape index (κ1) is 24.5. The Balaban J connectivity index is 1.78. The highest BCUT2D eigenvalue weighted by atomic mass is 16.5. The van der Waals surface area contributed by atoms with Crippen LogP contribution >= 0.6 is 0 Å². The molecule has 0 amide bonds. The molecular formula is C24H47NO2. The molecule has 3 nitrogen and oxygen atoms in total. The van der Waals surface area contributed by atoms with Gasteiger partial charge in [-0.25, -0.2) is 0 Å². The van der Waals surface area contributed by atoms with E-state index in [0.29, 0.717) is 13.0 Å². The van der Waals surface area contributed by atoms with Gasteiger partial charge < -0.3 is 9.64 Å². The van der Waals surface area contributed by atoms with E-state index < -0.39 is 0 Å². The van der Waals surface area contributed by atoms with Crippen LogP contribution in [0.1, 0.15) is 110 Å². The zero-order valence-corrected chi connectivity index (χ0v) is 18.6. The van der Waals surface area contributed by atoms with E-state index in [0.717, 1.165) is 31.2 Å². The zero-order valence-electron chi connectivity index (χ0n) is 18.6. The van der Waals surface area contributed by atoms with Crippen molar-refractivity contribution < 1.29 is 9.53 Å². The van der Waals surface area contributed by atoms with Crippen molar-refractivity contribution in [1.82, 2.24) is 4.90 Å². The summed E-state index contributed by atoms with van der Waals surface area (Å²) in [5, 5.41) is 0. The van der Waals surface area contributed by atoms with Gasteiger partial charge in [0.25, 0.3) is 0 Å². The van der Waals surface area contributed by atoms with Crippen LogP contribution in [-0.4, -0.2) is 38.1 Å². The second-order valence-corrected chi connectivity index (χ2v) is 9.00. The number of nitrogens with zero attached hydrogens (tertiary/aromatic N) is 1. The Bertz CT molecular complexity index is 356. The molecule has 0 aliphatic heterocycles. The van der Waals surface area contributed by atoms with Crippen LogP contribution in [0.2, 0.25) is 0 Å². The molecule has 0 aromatic heterocycles. The van der Waals surface area contributed by atoms with Gasteiger partial charge in [-0.3, -0.25) is 4.79 Å². The quantitative estimate of drug-likeness (QED) is 0.186. The Hall–Kier alpha value is -0.570. The van der Waals surface area contributed by atoms with E-state index in [2.05, 4.69) is 11.8 Å². The van der Waals surface area contributed by atoms with E-state index in [4.69, 9.17) is 4.74 Å². The summed E-state index contributed by atoms with van der Waals surface area (Å²) in [6.07, 6.45) is 20.8. The third-order valence-corrected chi connectivity index (χ3v) is 5.97. The van der Waals surface area contributed by atoms with Crippen LogP contribution in [0.3, 0.4) is 0 Å². The van der Waals surface area contributed by atoms with Gasteiger partial charge in [-0.05, 0) is 45.2 Å². The number of rotatable bonds is 19. The van der Waals surface area contributed by atoms with Gasteiger partial charge in [0.1, 0.15) is 0 Å². The van der Waals surface area contributed by atoms with Crippen molar-refractivity contribution in [3.63, 3.8) is 0 Å². The summed E-state index contributed by atoms with van der Waals surface area (Å²) in [7, 11) is 4.08. The van der Waals surface area contributed by atoms with Crippen molar-refractivity contribution in [2.24, 2.45) is 11.8 Å².